The van der Waals surface area contributed by atoms with Crippen LogP contribution in [0.4, 0.5) is 5.95 Å². The smallest absolute Gasteiger partial charge is 0.225 e. The van der Waals surface area contributed by atoms with Gasteiger partial charge in [0.1, 0.15) is 5.82 Å². The van der Waals surface area contributed by atoms with Gasteiger partial charge in [-0.25, -0.2) is 15.0 Å². The van der Waals surface area contributed by atoms with Gasteiger partial charge in [0.05, 0.1) is 0 Å². The van der Waals surface area contributed by atoms with Gasteiger partial charge in [0, 0.05) is 56.8 Å². The number of hydrogen-bond acceptors (Lipinski definition) is 4. The third-order valence-electron chi connectivity index (χ3n) is 3.58. The third kappa shape index (κ3) is 2.45. The lowest BCUT2D eigenvalue weighted by Crippen LogP contribution is -2.49. The van der Waals surface area contributed by atoms with Gasteiger partial charge in [-0.2, -0.15) is 0 Å². The van der Waals surface area contributed by atoms with E-state index in [1.165, 1.54) is 5.82 Å². The summed E-state index contributed by atoms with van der Waals surface area (Å²) in [5.41, 5.74) is 1.10. The molecule has 1 aliphatic heterocycles. The summed E-state index contributed by atoms with van der Waals surface area (Å²) in [6.07, 6.45) is 8.70. The number of rotatable bonds is 4. The molecule has 0 radical (unpaired) electrons. The molecule has 0 atom stereocenters. The van der Waals surface area contributed by atoms with Crippen molar-refractivity contribution in [1.29, 1.82) is 0 Å². The average molecular weight is 257 g/mol. The van der Waals surface area contributed by atoms with Crippen molar-refractivity contribution in [3.8, 4) is 0 Å². The van der Waals surface area contributed by atoms with Gasteiger partial charge < -0.3 is 9.47 Å². The van der Waals surface area contributed by atoms with Gasteiger partial charge in [0.2, 0.25) is 5.95 Å². The highest BCUT2D eigenvalue weighted by Crippen LogP contribution is 2.22. The summed E-state index contributed by atoms with van der Waals surface area (Å²) in [5, 5.41) is 0. The van der Waals surface area contributed by atoms with Crippen molar-refractivity contribution in [2.75, 3.05) is 18.0 Å². The van der Waals surface area contributed by atoms with Crippen LogP contribution in [0.15, 0.2) is 24.8 Å². The molecule has 100 valence electrons. The number of aromatic nitrogens is 4. The molecule has 0 amide bonds. The van der Waals surface area contributed by atoms with Crippen LogP contribution >= 0.6 is 0 Å². The molecule has 1 saturated heterocycles. The molecule has 0 bridgehead atoms. The highest BCUT2D eigenvalue weighted by molar-refractivity contribution is 5.33. The second kappa shape index (κ2) is 4.99. The molecule has 5 nitrogen and oxygen atoms in total. The van der Waals surface area contributed by atoms with Crippen LogP contribution in [0.3, 0.4) is 0 Å². The van der Waals surface area contributed by atoms with E-state index >= 15 is 0 Å². The zero-order valence-corrected chi connectivity index (χ0v) is 11.5. The molecule has 19 heavy (non-hydrogen) atoms. The number of aryl methyl sites for hydroxylation is 2. The second-order valence-electron chi connectivity index (χ2n) is 5.18. The summed E-state index contributed by atoms with van der Waals surface area (Å²) in [5.74, 6) is 2.69. The van der Waals surface area contributed by atoms with Crippen LogP contribution in [0.2, 0.25) is 0 Å². The summed E-state index contributed by atoms with van der Waals surface area (Å²) in [7, 11) is 0. The predicted molar refractivity (Wildman–Crippen MR) is 74.1 cm³/mol. The fourth-order valence-corrected chi connectivity index (χ4v) is 2.50. The second-order valence-corrected chi connectivity index (χ2v) is 5.18. The maximum atomic E-state index is 4.36. The summed E-state index contributed by atoms with van der Waals surface area (Å²) < 4.78 is 2.26. The third-order valence-corrected chi connectivity index (χ3v) is 3.58. The normalized spacial score (nSPS) is 15.6. The molecule has 5 heteroatoms. The molecule has 2 aromatic rings. The molecule has 2 aromatic heterocycles. The van der Waals surface area contributed by atoms with Gasteiger partial charge in [-0.3, -0.25) is 0 Å². The maximum absolute atomic E-state index is 4.36. The van der Waals surface area contributed by atoms with Crippen molar-refractivity contribution in [2.45, 2.75) is 26.8 Å². The van der Waals surface area contributed by atoms with E-state index in [2.05, 4.69) is 37.5 Å². The summed E-state index contributed by atoms with van der Waals surface area (Å²) in [6.45, 7) is 7.26. The van der Waals surface area contributed by atoms with Gasteiger partial charge in [0.25, 0.3) is 0 Å². The van der Waals surface area contributed by atoms with Gasteiger partial charge in [-0.05, 0) is 12.5 Å². The Kier molecular flexibility index (Phi) is 3.19. The molecule has 0 saturated carbocycles. The summed E-state index contributed by atoms with van der Waals surface area (Å²) >= 11 is 0. The minimum atomic E-state index is 0.671. The molecule has 0 spiro atoms. The molecule has 1 aliphatic rings. The minimum Gasteiger partial charge on any atom is -0.340 e. The van der Waals surface area contributed by atoms with Crippen LogP contribution in [-0.4, -0.2) is 32.6 Å². The van der Waals surface area contributed by atoms with Crippen LogP contribution in [0.1, 0.15) is 18.3 Å². The molecule has 0 aromatic carbocycles. The van der Waals surface area contributed by atoms with Crippen LogP contribution < -0.4 is 4.90 Å². The SMILES string of the molecule is CCc1nccn1CC1CN(c2ncc(C)cn2)C1. The highest BCUT2D eigenvalue weighted by Gasteiger charge is 2.29. The van der Waals surface area contributed by atoms with Crippen molar-refractivity contribution >= 4 is 5.95 Å². The highest BCUT2D eigenvalue weighted by atomic mass is 15.3. The Morgan fingerprint density at radius 3 is 2.63 bits per heavy atom. The number of anilines is 1. The van der Waals surface area contributed by atoms with E-state index in [9.17, 15) is 0 Å². The van der Waals surface area contributed by atoms with Gasteiger partial charge >= 0.3 is 0 Å². The topological polar surface area (TPSA) is 46.8 Å². The number of hydrogen-bond donors (Lipinski definition) is 0. The summed E-state index contributed by atoms with van der Waals surface area (Å²) in [4.78, 5) is 15.3. The zero-order chi connectivity index (χ0) is 13.2. The van der Waals surface area contributed by atoms with Crippen molar-refractivity contribution in [3.63, 3.8) is 0 Å². The Balaban J connectivity index is 1.57. The van der Waals surface area contributed by atoms with Crippen molar-refractivity contribution in [2.24, 2.45) is 5.92 Å². The largest absolute Gasteiger partial charge is 0.340 e. The molecule has 0 unspecified atom stereocenters. The molecule has 1 fully saturated rings. The first kappa shape index (κ1) is 12.1. The van der Waals surface area contributed by atoms with Crippen LogP contribution in [0.25, 0.3) is 0 Å². The Hall–Kier alpha value is -1.91. The maximum Gasteiger partial charge on any atom is 0.225 e. The van der Waals surface area contributed by atoms with Crippen molar-refractivity contribution in [3.05, 3.63) is 36.2 Å². The predicted octanol–water partition coefficient (Wildman–Crippen LogP) is 1.68. The van der Waals surface area contributed by atoms with Gasteiger partial charge in [0.15, 0.2) is 0 Å². The lowest BCUT2D eigenvalue weighted by molar-refractivity contribution is 0.348. The Morgan fingerprint density at radius 2 is 1.95 bits per heavy atom. The Morgan fingerprint density at radius 1 is 1.21 bits per heavy atom. The van der Waals surface area contributed by atoms with Crippen LogP contribution in [0.5, 0.6) is 0 Å². The monoisotopic (exact) mass is 257 g/mol. The lowest BCUT2D eigenvalue weighted by atomic mass is 10.0. The molecular formula is C14H19N5. The number of imidazole rings is 1. The van der Waals surface area contributed by atoms with Gasteiger partial charge in [-0.15, -0.1) is 0 Å². The summed E-state index contributed by atoms with van der Waals surface area (Å²) in [6, 6.07) is 0. The fourth-order valence-electron chi connectivity index (χ4n) is 2.50. The van der Waals surface area contributed by atoms with E-state index in [0.29, 0.717) is 5.92 Å². The van der Waals surface area contributed by atoms with E-state index in [0.717, 1.165) is 37.6 Å². The van der Waals surface area contributed by atoms with Crippen LogP contribution in [-0.2, 0) is 13.0 Å². The van der Waals surface area contributed by atoms with E-state index < -0.39 is 0 Å². The first-order chi connectivity index (χ1) is 9.26. The van der Waals surface area contributed by atoms with E-state index in [1.807, 2.05) is 25.5 Å². The molecule has 3 heterocycles. The van der Waals surface area contributed by atoms with Crippen LogP contribution in [0, 0.1) is 12.8 Å². The quantitative estimate of drug-likeness (QED) is 0.836. The van der Waals surface area contributed by atoms with E-state index in [-0.39, 0.29) is 0 Å². The lowest BCUT2D eigenvalue weighted by Gasteiger charge is -2.39. The molecule has 0 aliphatic carbocycles. The van der Waals surface area contributed by atoms with E-state index in [4.69, 9.17) is 0 Å². The van der Waals surface area contributed by atoms with Crippen molar-refractivity contribution < 1.29 is 0 Å². The first-order valence-electron chi connectivity index (χ1n) is 6.80. The van der Waals surface area contributed by atoms with Crippen molar-refractivity contribution in [1.82, 2.24) is 19.5 Å². The minimum absolute atomic E-state index is 0.671. The zero-order valence-electron chi connectivity index (χ0n) is 11.5. The Bertz CT molecular complexity index is 539. The Labute approximate surface area is 113 Å². The van der Waals surface area contributed by atoms with Gasteiger partial charge in [-0.1, -0.05) is 6.92 Å². The standard InChI is InChI=1S/C14H19N5/c1-3-13-15-4-5-18(13)8-12-9-19(10-12)14-16-6-11(2)7-17-14/h4-7,12H,3,8-10H2,1-2H3. The molecular weight excluding hydrogens is 238 g/mol. The van der Waals surface area contributed by atoms with E-state index in [1.54, 1.807) is 0 Å². The average Bonchev–Trinajstić information content (AvgIpc) is 2.82. The fraction of sp³-hybridized carbons (Fsp3) is 0.500. The molecule has 0 N–H and O–H groups in total. The number of nitrogens with zero attached hydrogens (tertiary/aromatic N) is 5. The molecule has 3 rings (SSSR count). The first-order valence-corrected chi connectivity index (χ1v) is 6.80.